The molecule has 1 amide bonds. The molecule has 3 rings (SSSR count). The Morgan fingerprint density at radius 1 is 1.18 bits per heavy atom. The van der Waals surface area contributed by atoms with Crippen molar-refractivity contribution in [2.75, 3.05) is 37.0 Å². The van der Waals surface area contributed by atoms with E-state index in [-0.39, 0.29) is 33.3 Å². The average Bonchev–Trinajstić information content (AvgIpc) is 3.14. The fourth-order valence-corrected chi connectivity index (χ4v) is 4.83. The minimum atomic E-state index is -0.692. The molecule has 1 fully saturated rings. The number of rotatable bonds is 7. The number of nitrogens with zero attached hydrogens (tertiary/aromatic N) is 2. The van der Waals surface area contributed by atoms with Crippen LogP contribution in [0.2, 0.25) is 0 Å². The number of esters is 2. The van der Waals surface area contributed by atoms with Gasteiger partial charge in [0.2, 0.25) is 0 Å². The molecule has 176 valence electrons. The summed E-state index contributed by atoms with van der Waals surface area (Å²) in [6, 6.07) is 4.31. The number of thiophene rings is 1. The molecular weight excluding hydrogens is 450 g/mol. The first-order valence-corrected chi connectivity index (χ1v) is 11.3. The van der Waals surface area contributed by atoms with Crippen LogP contribution in [0, 0.1) is 17.0 Å². The Labute approximate surface area is 194 Å². The molecule has 0 spiro atoms. The van der Waals surface area contributed by atoms with Gasteiger partial charge in [0.1, 0.15) is 15.6 Å². The van der Waals surface area contributed by atoms with Gasteiger partial charge in [-0.25, -0.2) is 9.59 Å². The van der Waals surface area contributed by atoms with Gasteiger partial charge in [-0.05, 0) is 50.8 Å². The molecule has 0 atom stereocenters. The number of hydrogen-bond acceptors (Lipinski definition) is 9. The standard InChI is InChI=1S/C22H25N3O7S/c1-4-32-21(27)17-13(2)18(22(28)31-3)33-20(17)23-19(26)14-8-9-15(16(12-14)25(29)30)24-10-6-5-7-11-24/h8-9,12H,4-7,10-11H2,1-3H3,(H,23,26). The summed E-state index contributed by atoms with van der Waals surface area (Å²) in [6.07, 6.45) is 2.99. The zero-order valence-electron chi connectivity index (χ0n) is 18.6. The Morgan fingerprint density at radius 3 is 2.48 bits per heavy atom. The predicted molar refractivity (Wildman–Crippen MR) is 123 cm³/mol. The predicted octanol–water partition coefficient (Wildman–Crippen LogP) is 4.17. The topological polar surface area (TPSA) is 128 Å². The van der Waals surface area contributed by atoms with E-state index in [2.05, 4.69) is 5.32 Å². The summed E-state index contributed by atoms with van der Waals surface area (Å²) >= 11 is 0.883. The highest BCUT2D eigenvalue weighted by molar-refractivity contribution is 7.18. The van der Waals surface area contributed by atoms with Crippen molar-refractivity contribution in [1.29, 1.82) is 0 Å². The van der Waals surface area contributed by atoms with E-state index in [0.29, 0.717) is 11.3 Å². The fourth-order valence-electron chi connectivity index (χ4n) is 3.73. The van der Waals surface area contributed by atoms with E-state index in [1.165, 1.54) is 19.2 Å². The number of carbonyl (C=O) groups excluding carboxylic acids is 3. The summed E-state index contributed by atoms with van der Waals surface area (Å²) in [6.45, 7) is 4.75. The number of nitro groups is 1. The van der Waals surface area contributed by atoms with Crippen LogP contribution in [0.1, 0.15) is 62.1 Å². The zero-order chi connectivity index (χ0) is 24.1. The lowest BCUT2D eigenvalue weighted by atomic mass is 10.1. The van der Waals surface area contributed by atoms with Gasteiger partial charge in [0, 0.05) is 24.7 Å². The smallest absolute Gasteiger partial charge is 0.348 e. The molecule has 0 saturated carbocycles. The Bertz CT molecular complexity index is 1090. The van der Waals surface area contributed by atoms with E-state index in [9.17, 15) is 24.5 Å². The fraction of sp³-hybridized carbons (Fsp3) is 0.409. The number of benzene rings is 1. The summed E-state index contributed by atoms with van der Waals surface area (Å²) in [5, 5.41) is 14.4. The number of nitrogens with one attached hydrogen (secondary N) is 1. The van der Waals surface area contributed by atoms with Gasteiger partial charge in [0.25, 0.3) is 11.6 Å². The van der Waals surface area contributed by atoms with E-state index in [4.69, 9.17) is 9.47 Å². The minimum Gasteiger partial charge on any atom is -0.465 e. The SMILES string of the molecule is CCOC(=O)c1c(NC(=O)c2ccc(N3CCCCC3)c([N+](=O)[O-])c2)sc(C(=O)OC)c1C. The Hall–Kier alpha value is -3.47. The van der Waals surface area contributed by atoms with Gasteiger partial charge < -0.3 is 19.7 Å². The molecule has 10 nitrogen and oxygen atoms in total. The van der Waals surface area contributed by atoms with Crippen molar-refractivity contribution in [1.82, 2.24) is 0 Å². The van der Waals surface area contributed by atoms with Crippen LogP contribution in [0.4, 0.5) is 16.4 Å². The number of carbonyl (C=O) groups is 3. The summed E-state index contributed by atoms with van der Waals surface area (Å²) in [7, 11) is 1.22. The lowest BCUT2D eigenvalue weighted by molar-refractivity contribution is -0.384. The summed E-state index contributed by atoms with van der Waals surface area (Å²) in [5.74, 6) is -1.99. The molecule has 1 aliphatic rings. The highest BCUT2D eigenvalue weighted by Crippen LogP contribution is 2.36. The second kappa shape index (κ2) is 10.4. The number of hydrogen-bond donors (Lipinski definition) is 1. The molecular formula is C22H25N3O7S. The van der Waals surface area contributed by atoms with E-state index in [1.807, 2.05) is 4.90 Å². The molecule has 2 aromatic rings. The van der Waals surface area contributed by atoms with Crippen LogP contribution in [0.15, 0.2) is 18.2 Å². The maximum atomic E-state index is 13.0. The van der Waals surface area contributed by atoms with Gasteiger partial charge in [-0.2, -0.15) is 0 Å². The summed E-state index contributed by atoms with van der Waals surface area (Å²) in [5.41, 5.74) is 0.751. The van der Waals surface area contributed by atoms with Crippen molar-refractivity contribution >= 4 is 45.6 Å². The molecule has 1 aromatic heterocycles. The van der Waals surface area contributed by atoms with Crippen LogP contribution in [-0.2, 0) is 9.47 Å². The van der Waals surface area contributed by atoms with Gasteiger partial charge in [-0.1, -0.05) is 0 Å². The number of amides is 1. The highest BCUT2D eigenvalue weighted by atomic mass is 32.1. The van der Waals surface area contributed by atoms with Crippen LogP contribution in [0.25, 0.3) is 0 Å². The lowest BCUT2D eigenvalue weighted by Crippen LogP contribution is -2.30. The maximum absolute atomic E-state index is 13.0. The van der Waals surface area contributed by atoms with Crippen LogP contribution >= 0.6 is 11.3 Å². The number of methoxy groups -OCH3 is 1. The lowest BCUT2D eigenvalue weighted by Gasteiger charge is -2.28. The molecule has 0 aliphatic carbocycles. The molecule has 33 heavy (non-hydrogen) atoms. The van der Waals surface area contributed by atoms with Gasteiger partial charge >= 0.3 is 11.9 Å². The van der Waals surface area contributed by atoms with E-state index in [1.54, 1.807) is 19.9 Å². The molecule has 0 unspecified atom stereocenters. The average molecular weight is 476 g/mol. The Balaban J connectivity index is 1.95. The van der Waals surface area contributed by atoms with E-state index in [0.717, 1.165) is 43.7 Å². The van der Waals surface area contributed by atoms with Crippen molar-refractivity contribution in [3.63, 3.8) is 0 Å². The molecule has 1 N–H and O–H groups in total. The third kappa shape index (κ3) is 5.14. The molecule has 11 heteroatoms. The third-order valence-corrected chi connectivity index (χ3v) is 6.54. The number of anilines is 2. The van der Waals surface area contributed by atoms with E-state index >= 15 is 0 Å². The van der Waals surface area contributed by atoms with Crippen molar-refractivity contribution in [3.05, 3.63) is 49.9 Å². The van der Waals surface area contributed by atoms with Crippen molar-refractivity contribution in [3.8, 4) is 0 Å². The van der Waals surface area contributed by atoms with E-state index < -0.39 is 22.8 Å². The largest absolute Gasteiger partial charge is 0.465 e. The van der Waals surface area contributed by atoms with Crippen LogP contribution in [0.5, 0.6) is 0 Å². The third-order valence-electron chi connectivity index (χ3n) is 5.36. The highest BCUT2D eigenvalue weighted by Gasteiger charge is 2.28. The Kier molecular flexibility index (Phi) is 7.64. The van der Waals surface area contributed by atoms with Gasteiger partial charge in [0.15, 0.2) is 0 Å². The monoisotopic (exact) mass is 475 g/mol. The maximum Gasteiger partial charge on any atom is 0.348 e. The van der Waals surface area contributed by atoms with Crippen molar-refractivity contribution in [2.24, 2.45) is 0 Å². The summed E-state index contributed by atoms with van der Waals surface area (Å²) < 4.78 is 9.82. The first-order chi connectivity index (χ1) is 15.8. The number of nitro benzene ring substituents is 1. The normalized spacial score (nSPS) is 13.4. The molecule has 0 radical (unpaired) electrons. The van der Waals surface area contributed by atoms with Crippen molar-refractivity contribution in [2.45, 2.75) is 33.1 Å². The second-order valence-electron chi connectivity index (χ2n) is 7.43. The van der Waals surface area contributed by atoms with Gasteiger partial charge in [-0.3, -0.25) is 14.9 Å². The molecule has 0 bridgehead atoms. The zero-order valence-corrected chi connectivity index (χ0v) is 19.5. The summed E-state index contributed by atoms with van der Waals surface area (Å²) in [4.78, 5) is 50.8. The van der Waals surface area contributed by atoms with Gasteiger partial charge in [0.05, 0.1) is 24.2 Å². The number of ether oxygens (including phenoxy) is 2. The van der Waals surface area contributed by atoms with Crippen LogP contribution in [0.3, 0.4) is 0 Å². The van der Waals surface area contributed by atoms with Crippen molar-refractivity contribution < 1.29 is 28.8 Å². The molecule has 2 heterocycles. The quantitative estimate of drug-likeness (QED) is 0.359. The first-order valence-electron chi connectivity index (χ1n) is 10.5. The first kappa shape index (κ1) is 24.2. The Morgan fingerprint density at radius 2 is 1.88 bits per heavy atom. The number of piperidine rings is 1. The molecule has 1 saturated heterocycles. The molecule has 1 aromatic carbocycles. The molecule has 1 aliphatic heterocycles. The van der Waals surface area contributed by atoms with Crippen LogP contribution < -0.4 is 10.2 Å². The minimum absolute atomic E-state index is 0.0510. The second-order valence-corrected chi connectivity index (χ2v) is 8.46. The van der Waals surface area contributed by atoms with Gasteiger partial charge in [-0.15, -0.1) is 11.3 Å². The van der Waals surface area contributed by atoms with Crippen LogP contribution in [-0.4, -0.2) is 49.6 Å².